The number of carbonyl (C=O) groups excluding carboxylic acids is 1. The molecule has 5 N–H and O–H groups in total. The van der Waals surface area contributed by atoms with E-state index in [4.69, 9.17) is 30.8 Å². The van der Waals surface area contributed by atoms with Crippen molar-refractivity contribution in [1.82, 2.24) is 9.62 Å². The number of nitrogen functional groups attached to an aromatic ring is 1. The summed E-state index contributed by atoms with van der Waals surface area (Å²) in [5, 5.41) is 15.5. The number of methoxy groups -OCH3 is 1. The van der Waals surface area contributed by atoms with Gasteiger partial charge < -0.3 is 24.8 Å². The second-order valence-electron chi connectivity index (χ2n) is 10.3. The van der Waals surface area contributed by atoms with Crippen LogP contribution in [0.1, 0.15) is 41.3 Å². The first kappa shape index (κ1) is 31.5. The molecule has 4 rings (SSSR count). The van der Waals surface area contributed by atoms with Crippen molar-refractivity contribution in [3.8, 4) is 11.5 Å². The molecule has 1 atom stereocenters. The average molecular weight is 608 g/mol. The Hall–Kier alpha value is -4.42. The van der Waals surface area contributed by atoms with Gasteiger partial charge in [0.05, 0.1) is 29.4 Å². The van der Waals surface area contributed by atoms with E-state index in [0.29, 0.717) is 23.6 Å². The molecule has 1 aliphatic rings. The summed E-state index contributed by atoms with van der Waals surface area (Å²) in [6, 6.07) is 19.1. The quantitative estimate of drug-likeness (QED) is 0.138. The van der Waals surface area contributed by atoms with Crippen LogP contribution in [0.5, 0.6) is 11.5 Å². The molecule has 0 spiro atoms. The third-order valence-electron chi connectivity index (χ3n) is 7.13. The summed E-state index contributed by atoms with van der Waals surface area (Å²) in [6.45, 7) is 3.38. The van der Waals surface area contributed by atoms with Crippen molar-refractivity contribution < 1.29 is 27.4 Å². The van der Waals surface area contributed by atoms with E-state index in [2.05, 4.69) is 4.72 Å². The number of carbonyl (C=O) groups is 1. The van der Waals surface area contributed by atoms with E-state index in [1.165, 1.54) is 31.4 Å². The molecule has 3 aromatic carbocycles. The Morgan fingerprint density at radius 2 is 1.67 bits per heavy atom. The van der Waals surface area contributed by atoms with Crippen molar-refractivity contribution in [2.24, 2.45) is 5.73 Å². The Kier molecular flexibility index (Phi) is 10.4. The fourth-order valence-corrected chi connectivity index (χ4v) is 5.97. The van der Waals surface area contributed by atoms with Gasteiger partial charge in [0.2, 0.25) is 10.0 Å². The number of likely N-dealkylation sites (tertiary alicyclic amines) is 1. The van der Waals surface area contributed by atoms with E-state index in [1.54, 1.807) is 31.2 Å². The molecule has 12 heteroatoms. The van der Waals surface area contributed by atoms with E-state index in [1.807, 2.05) is 29.2 Å². The zero-order valence-electron chi connectivity index (χ0n) is 24.2. The fraction of sp³-hybridized carbons (Fsp3) is 0.323. The standard InChI is InChI=1S/C31H37N5O6S/c1-21(32)36-16-14-27(15-17-36)42-26-10-6-22(7-11-26)18-25(20-41-28-5-3-4-24(19-28)30(33)34)35-43(38,39)29-12-8-23(9-13-29)31(37)40-2/h3-13,19,25,27,32,35H,14-18,20H2,1-2H3,(H3,33,34)/t25-/m0/s1. The second kappa shape index (κ2) is 14.2. The highest BCUT2D eigenvalue weighted by molar-refractivity contribution is 7.89. The van der Waals surface area contributed by atoms with Crippen LogP contribution in [0.2, 0.25) is 0 Å². The van der Waals surface area contributed by atoms with Gasteiger partial charge in [0.1, 0.15) is 30.0 Å². The van der Waals surface area contributed by atoms with Crippen molar-refractivity contribution in [3.05, 3.63) is 89.5 Å². The molecule has 11 nitrogen and oxygen atoms in total. The molecule has 3 aromatic rings. The third kappa shape index (κ3) is 8.79. The summed E-state index contributed by atoms with van der Waals surface area (Å²) in [6.07, 6.45) is 2.07. The van der Waals surface area contributed by atoms with Gasteiger partial charge >= 0.3 is 5.97 Å². The summed E-state index contributed by atoms with van der Waals surface area (Å²) >= 11 is 0. The third-order valence-corrected chi connectivity index (χ3v) is 8.66. The van der Waals surface area contributed by atoms with Gasteiger partial charge in [0, 0.05) is 31.5 Å². The lowest BCUT2D eigenvalue weighted by atomic mass is 10.1. The maximum absolute atomic E-state index is 13.3. The fourth-order valence-electron chi connectivity index (χ4n) is 4.75. The summed E-state index contributed by atoms with van der Waals surface area (Å²) in [4.78, 5) is 13.8. The molecule has 0 amide bonds. The number of benzene rings is 3. The van der Waals surface area contributed by atoms with Crippen molar-refractivity contribution in [2.75, 3.05) is 26.8 Å². The SMILES string of the molecule is COC(=O)c1ccc(S(=O)(=O)N[C@H](COc2cccc(C(=N)N)c2)Cc2ccc(OC3CCN(C(C)=N)CC3)cc2)cc1. The lowest BCUT2D eigenvalue weighted by Crippen LogP contribution is -2.40. The molecule has 1 heterocycles. The van der Waals surface area contributed by atoms with Gasteiger partial charge in [-0.1, -0.05) is 24.3 Å². The van der Waals surface area contributed by atoms with Gasteiger partial charge in [0.25, 0.3) is 0 Å². The van der Waals surface area contributed by atoms with Crippen LogP contribution in [-0.4, -0.2) is 69.9 Å². The Bertz CT molecular complexity index is 1540. The smallest absolute Gasteiger partial charge is 0.337 e. The van der Waals surface area contributed by atoms with Crippen LogP contribution in [0, 0.1) is 10.8 Å². The van der Waals surface area contributed by atoms with Gasteiger partial charge in [-0.3, -0.25) is 10.8 Å². The molecule has 0 bridgehead atoms. The van der Waals surface area contributed by atoms with Crippen LogP contribution in [-0.2, 0) is 21.2 Å². The molecule has 0 radical (unpaired) electrons. The molecule has 43 heavy (non-hydrogen) atoms. The van der Waals surface area contributed by atoms with E-state index in [-0.39, 0.29) is 29.0 Å². The number of amidine groups is 2. The molecular weight excluding hydrogens is 570 g/mol. The summed E-state index contributed by atoms with van der Waals surface area (Å²) in [5.74, 6) is 1.09. The van der Waals surface area contributed by atoms with Gasteiger partial charge in [-0.05, 0) is 67.4 Å². The van der Waals surface area contributed by atoms with Crippen LogP contribution in [0.4, 0.5) is 0 Å². The molecule has 1 saturated heterocycles. The normalized spacial score (nSPS) is 14.5. The predicted molar refractivity (Wildman–Crippen MR) is 164 cm³/mol. The monoisotopic (exact) mass is 607 g/mol. The minimum Gasteiger partial charge on any atom is -0.492 e. The number of nitrogens with two attached hydrogens (primary N) is 1. The van der Waals surface area contributed by atoms with E-state index < -0.39 is 22.0 Å². The molecule has 1 aliphatic heterocycles. The number of nitrogens with zero attached hydrogens (tertiary/aromatic N) is 1. The van der Waals surface area contributed by atoms with Gasteiger partial charge in [-0.25, -0.2) is 17.9 Å². The first-order valence-electron chi connectivity index (χ1n) is 13.9. The molecule has 0 saturated carbocycles. The van der Waals surface area contributed by atoms with Crippen LogP contribution in [0.15, 0.2) is 77.7 Å². The first-order chi connectivity index (χ1) is 20.5. The van der Waals surface area contributed by atoms with Crippen molar-refractivity contribution in [1.29, 1.82) is 10.8 Å². The predicted octanol–water partition coefficient (Wildman–Crippen LogP) is 3.57. The summed E-state index contributed by atoms with van der Waals surface area (Å²) < 4.78 is 46.2. The number of hydrogen-bond donors (Lipinski definition) is 4. The van der Waals surface area contributed by atoms with Crippen molar-refractivity contribution in [3.63, 3.8) is 0 Å². The van der Waals surface area contributed by atoms with Crippen LogP contribution in [0.25, 0.3) is 0 Å². The maximum Gasteiger partial charge on any atom is 0.337 e. The summed E-state index contributed by atoms with van der Waals surface area (Å²) in [7, 11) is -2.72. The lowest BCUT2D eigenvalue weighted by molar-refractivity contribution is 0.0600. The highest BCUT2D eigenvalue weighted by atomic mass is 32.2. The molecule has 228 valence electrons. The molecule has 1 fully saturated rings. The minimum atomic E-state index is -3.97. The van der Waals surface area contributed by atoms with Crippen molar-refractivity contribution in [2.45, 2.75) is 43.2 Å². The largest absolute Gasteiger partial charge is 0.492 e. The topological polar surface area (TPSA) is 168 Å². The zero-order valence-corrected chi connectivity index (χ0v) is 25.0. The van der Waals surface area contributed by atoms with Crippen molar-refractivity contribution >= 4 is 27.7 Å². The lowest BCUT2D eigenvalue weighted by Gasteiger charge is -2.32. The molecular formula is C31H37N5O6S. The maximum atomic E-state index is 13.3. The van der Waals surface area contributed by atoms with Gasteiger partial charge in [-0.15, -0.1) is 0 Å². The molecule has 0 aromatic heterocycles. The Balaban J connectivity index is 1.46. The van der Waals surface area contributed by atoms with Crippen LogP contribution >= 0.6 is 0 Å². The highest BCUT2D eigenvalue weighted by Crippen LogP contribution is 2.21. The van der Waals surface area contributed by atoms with Crippen LogP contribution < -0.4 is 19.9 Å². The number of piperidine rings is 1. The summed E-state index contributed by atoms with van der Waals surface area (Å²) in [5.41, 5.74) is 7.21. The second-order valence-corrected chi connectivity index (χ2v) is 12.0. The van der Waals surface area contributed by atoms with Gasteiger partial charge in [0.15, 0.2) is 0 Å². The van der Waals surface area contributed by atoms with Gasteiger partial charge in [-0.2, -0.15) is 0 Å². The number of sulfonamides is 1. The number of rotatable bonds is 12. The number of nitrogens with one attached hydrogen (secondary N) is 3. The number of ether oxygens (including phenoxy) is 3. The average Bonchev–Trinajstić information content (AvgIpc) is 3.00. The number of esters is 1. The Morgan fingerprint density at radius 1 is 1.00 bits per heavy atom. The minimum absolute atomic E-state index is 0.00302. The first-order valence-corrected chi connectivity index (χ1v) is 15.4. The van der Waals surface area contributed by atoms with E-state index in [0.717, 1.165) is 37.2 Å². The highest BCUT2D eigenvalue weighted by Gasteiger charge is 2.23. The molecule has 0 aliphatic carbocycles. The van der Waals surface area contributed by atoms with Crippen LogP contribution in [0.3, 0.4) is 0 Å². The Labute approximate surface area is 252 Å². The molecule has 0 unspecified atom stereocenters. The number of hydrogen-bond acceptors (Lipinski definition) is 8. The van der Waals surface area contributed by atoms with E-state index in [9.17, 15) is 13.2 Å². The van der Waals surface area contributed by atoms with E-state index >= 15 is 0 Å². The Morgan fingerprint density at radius 3 is 2.28 bits per heavy atom. The zero-order chi connectivity index (χ0) is 31.0.